The van der Waals surface area contributed by atoms with Crippen LogP contribution in [0.4, 0.5) is 11.4 Å². The minimum absolute atomic E-state index is 0.0276. The van der Waals surface area contributed by atoms with Crippen LogP contribution in [-0.4, -0.2) is 11.3 Å². The van der Waals surface area contributed by atoms with Crippen molar-refractivity contribution in [1.29, 1.82) is 0 Å². The van der Waals surface area contributed by atoms with Crippen molar-refractivity contribution < 1.29 is 0 Å². The second-order valence-electron chi connectivity index (χ2n) is 32.8. The van der Waals surface area contributed by atoms with Crippen molar-refractivity contribution in [1.82, 2.24) is 4.48 Å². The third kappa shape index (κ3) is 6.49. The first-order valence-corrected chi connectivity index (χ1v) is 33.7. The van der Waals surface area contributed by atoms with Gasteiger partial charge >= 0.3 is 6.85 Å². The van der Waals surface area contributed by atoms with Gasteiger partial charge in [-0.15, -0.1) is 11.3 Å². The Morgan fingerprint density at radius 1 is 0.506 bits per heavy atom. The van der Waals surface area contributed by atoms with Crippen LogP contribution in [-0.2, 0) is 32.5 Å². The highest BCUT2D eigenvalue weighted by Crippen LogP contribution is 2.66. The zero-order valence-corrected chi connectivity index (χ0v) is 51.6. The molecule has 0 amide bonds. The lowest BCUT2D eigenvalue weighted by Crippen LogP contribution is -2.51. The van der Waals surface area contributed by atoms with Gasteiger partial charge in [0.05, 0.1) is 16.1 Å². The predicted molar refractivity (Wildman–Crippen MR) is 353 cm³/mol. The first kappa shape index (κ1) is 49.4. The fourth-order valence-corrected chi connectivity index (χ4v) is 23.5. The summed E-state index contributed by atoms with van der Waals surface area (Å²) in [5.41, 5.74) is 26.9. The van der Waals surface area contributed by atoms with Crippen LogP contribution < -0.4 is 10.4 Å². The van der Waals surface area contributed by atoms with Gasteiger partial charge in [0.1, 0.15) is 0 Å². The molecule has 0 radical (unpaired) electrons. The van der Waals surface area contributed by atoms with E-state index in [-0.39, 0.29) is 33.9 Å². The normalized spacial score (nSPS) is 29.6. The molecule has 7 aromatic carbocycles. The van der Waals surface area contributed by atoms with E-state index in [1.165, 1.54) is 199 Å². The summed E-state index contributed by atoms with van der Waals surface area (Å²) in [7, 11) is 0. The van der Waals surface area contributed by atoms with Crippen LogP contribution in [0.25, 0.3) is 69.7 Å². The van der Waals surface area contributed by atoms with Crippen molar-refractivity contribution in [2.75, 3.05) is 4.90 Å². The third-order valence-corrected chi connectivity index (χ3v) is 26.6. The number of nitrogens with zero attached hydrogens (tertiary/aromatic N) is 2. The maximum atomic E-state index is 3.01. The summed E-state index contributed by atoms with van der Waals surface area (Å²) in [6, 6.07) is 50.8. The molecule has 0 spiro atoms. The summed E-state index contributed by atoms with van der Waals surface area (Å²) < 4.78 is 5.81. The molecule has 8 saturated carbocycles. The Labute approximate surface area is 497 Å². The van der Waals surface area contributed by atoms with Gasteiger partial charge in [-0.1, -0.05) is 135 Å². The molecule has 8 fully saturated rings. The van der Waals surface area contributed by atoms with Crippen LogP contribution in [0.5, 0.6) is 0 Å². The minimum atomic E-state index is -0.346. The summed E-state index contributed by atoms with van der Waals surface area (Å²) >= 11 is 2.04. The fraction of sp³-hybridized carbons (Fsp3) is 0.443. The van der Waals surface area contributed by atoms with Gasteiger partial charge in [0, 0.05) is 59.5 Å². The Kier molecular flexibility index (Phi) is 9.51. The highest BCUT2D eigenvalue weighted by Gasteiger charge is 2.57. The molecule has 4 heteroatoms. The summed E-state index contributed by atoms with van der Waals surface area (Å²) in [6.45, 7) is 22.5. The molecule has 2 nitrogen and oxygen atoms in total. The molecule has 21 rings (SSSR count). The van der Waals surface area contributed by atoms with Crippen LogP contribution in [0, 0.1) is 35.5 Å². The minimum Gasteiger partial charge on any atom is -0.375 e. The Morgan fingerprint density at radius 2 is 1.11 bits per heavy atom. The van der Waals surface area contributed by atoms with E-state index in [0.29, 0.717) is 5.41 Å². The Hall–Kier alpha value is -5.84. The number of thiophene rings is 1. The Morgan fingerprint density at radius 3 is 1.76 bits per heavy atom. The lowest BCUT2D eigenvalue weighted by atomic mass is 9.43. The third-order valence-electron chi connectivity index (χ3n) is 25.4. The van der Waals surface area contributed by atoms with E-state index < -0.39 is 0 Å². The SMILES string of the molecule is CC(C)(C)c1ccc(N2C3=C(B4c5c(cc6c(sc7ccccc76)c52)-c2cc(C56CC7CC(CC(C7)C5)C6)cc5c6cc(C78CC9CC(CC(C9)C7)C8)ccc6n4c25)c2cc4c(cc2C3(C)C)C(C)(C)CCC4(C)C)c(-c2ccccc2)c1. The molecule has 0 N–H and O–H groups in total. The van der Waals surface area contributed by atoms with Gasteiger partial charge in [-0.2, -0.15) is 0 Å². The number of benzene rings is 7. The summed E-state index contributed by atoms with van der Waals surface area (Å²) in [5, 5.41) is 5.87. The average Bonchev–Trinajstić information content (AvgIpc) is 1.59. The van der Waals surface area contributed by atoms with Gasteiger partial charge in [0.25, 0.3) is 0 Å². The molecule has 0 unspecified atom stereocenters. The molecule has 10 aliphatic carbocycles. The van der Waals surface area contributed by atoms with Gasteiger partial charge in [-0.05, 0) is 262 Å². The highest BCUT2D eigenvalue weighted by molar-refractivity contribution is 7.26. The lowest BCUT2D eigenvalue weighted by molar-refractivity contribution is -0.00527. The van der Waals surface area contributed by atoms with E-state index in [4.69, 9.17) is 0 Å². The summed E-state index contributed by atoms with van der Waals surface area (Å²) in [5.74, 6) is 5.33. The van der Waals surface area contributed by atoms with E-state index in [1.54, 1.807) is 22.3 Å². The molecule has 416 valence electrons. The predicted octanol–water partition coefficient (Wildman–Crippen LogP) is 20.5. The van der Waals surface area contributed by atoms with E-state index in [0.717, 1.165) is 35.5 Å². The standard InChI is InChI=1S/C79H81BN2S/c1-74(2,3)51-19-21-65(55(31-51)50-15-11-10-12-16-50)81-71-68-57(35-60-54-17-13-14-18-67(54)83-72(60)71)59-34-53(79-41-47-28-48(42-79)30-49(29-47)43-79)33-58-56-32-52(78-38-44-25-45(39-78)27-46(26-44)40-78)20-22-66(56)82(70(58)59)80(68)69-61-36-63-64(37-62(61)77(8,9)73(69)81)76(6,7)24-23-75(63,4)5/h10-22,31-37,44-49H,23-30,38-43H2,1-9H3. The number of rotatable bonds is 4. The van der Waals surface area contributed by atoms with E-state index in [1.807, 2.05) is 11.3 Å². The molecule has 4 heterocycles. The second-order valence-corrected chi connectivity index (χ2v) is 33.8. The molecule has 2 aliphatic heterocycles. The van der Waals surface area contributed by atoms with Crippen LogP contribution >= 0.6 is 11.3 Å². The first-order valence-electron chi connectivity index (χ1n) is 32.9. The van der Waals surface area contributed by atoms with E-state index in [2.05, 4.69) is 193 Å². The topological polar surface area (TPSA) is 8.17 Å². The smallest absolute Gasteiger partial charge is 0.333 e. The van der Waals surface area contributed by atoms with E-state index >= 15 is 0 Å². The van der Waals surface area contributed by atoms with Gasteiger partial charge in [0.2, 0.25) is 0 Å². The number of hydrogen-bond acceptors (Lipinski definition) is 2. The van der Waals surface area contributed by atoms with Gasteiger partial charge in [0.15, 0.2) is 0 Å². The molecule has 83 heavy (non-hydrogen) atoms. The number of fused-ring (bicyclic) bond motifs is 13. The molecule has 9 aromatic rings. The Bertz CT molecular complexity index is 4360. The van der Waals surface area contributed by atoms with Crippen LogP contribution in [0.15, 0.2) is 127 Å². The number of hydrogen-bond donors (Lipinski definition) is 0. The molecular formula is C79H81BN2S. The zero-order valence-electron chi connectivity index (χ0n) is 50.8. The van der Waals surface area contributed by atoms with Crippen molar-refractivity contribution in [3.8, 4) is 22.3 Å². The number of allylic oxidation sites excluding steroid dienone is 1. The molecule has 0 saturated heterocycles. The molecule has 8 bridgehead atoms. The number of anilines is 2. The quantitative estimate of drug-likeness (QED) is 0.160. The number of aromatic nitrogens is 1. The average molecular weight is 1100 g/mol. The van der Waals surface area contributed by atoms with Gasteiger partial charge in [-0.3, -0.25) is 0 Å². The highest BCUT2D eigenvalue weighted by atomic mass is 32.1. The van der Waals surface area contributed by atoms with Crippen LogP contribution in [0.3, 0.4) is 0 Å². The van der Waals surface area contributed by atoms with E-state index in [9.17, 15) is 0 Å². The first-order chi connectivity index (χ1) is 39.8. The largest absolute Gasteiger partial charge is 0.375 e. The van der Waals surface area contributed by atoms with Gasteiger partial charge < -0.3 is 9.38 Å². The second kappa shape index (κ2) is 16.0. The lowest BCUT2D eigenvalue weighted by Gasteiger charge is -2.57. The maximum Gasteiger partial charge on any atom is 0.333 e. The van der Waals surface area contributed by atoms with Crippen molar-refractivity contribution in [2.45, 2.75) is 185 Å². The van der Waals surface area contributed by atoms with Crippen molar-refractivity contribution in [2.24, 2.45) is 35.5 Å². The molecule has 12 aliphatic rings. The zero-order chi connectivity index (χ0) is 55.8. The molecule has 0 atom stereocenters. The Balaban J connectivity index is 0.984. The molecular weight excluding hydrogens is 1020 g/mol. The summed E-state index contributed by atoms with van der Waals surface area (Å²) in [4.78, 5) is 2.92. The van der Waals surface area contributed by atoms with Crippen molar-refractivity contribution >= 4 is 82.5 Å². The molecule has 2 aromatic heterocycles. The fourth-order valence-electron chi connectivity index (χ4n) is 22.2. The van der Waals surface area contributed by atoms with Crippen molar-refractivity contribution in [3.63, 3.8) is 0 Å². The van der Waals surface area contributed by atoms with Crippen molar-refractivity contribution in [3.05, 3.63) is 166 Å². The summed E-state index contributed by atoms with van der Waals surface area (Å²) in [6.07, 6.45) is 19.5. The van der Waals surface area contributed by atoms with Crippen LogP contribution in [0.1, 0.15) is 191 Å². The van der Waals surface area contributed by atoms with Gasteiger partial charge in [-0.25, -0.2) is 0 Å². The van der Waals surface area contributed by atoms with Crippen LogP contribution in [0.2, 0.25) is 0 Å². The monoisotopic (exact) mass is 1100 g/mol. The maximum absolute atomic E-state index is 3.01.